The van der Waals surface area contributed by atoms with Gasteiger partial charge in [-0.05, 0) is 63.5 Å². The molecule has 9 nitrogen and oxygen atoms in total. The number of amides is 2. The summed E-state index contributed by atoms with van der Waals surface area (Å²) >= 11 is 5.98. The Bertz CT molecular complexity index is 1030. The standard InChI is InChI=1S/C24H31ClN6O3/c1-29-10-8-19(9-11-29)26-23(32)17-6-12-30(13-7-17)24(33)22-20-15-34-21(14-31(20)28-27-22)16-2-4-18(25)5-3-16/h2-5,17,19,21H,6-15H2,1H3,(H,26,32)/t21-/m1/s1. The molecule has 182 valence electrons. The van der Waals surface area contributed by atoms with Crippen molar-refractivity contribution in [1.82, 2.24) is 30.1 Å². The Morgan fingerprint density at radius 3 is 2.47 bits per heavy atom. The molecule has 2 fully saturated rings. The van der Waals surface area contributed by atoms with E-state index < -0.39 is 0 Å². The molecule has 5 rings (SSSR count). The predicted molar refractivity (Wildman–Crippen MR) is 126 cm³/mol. The van der Waals surface area contributed by atoms with Crippen molar-refractivity contribution in [2.45, 2.75) is 51.0 Å². The van der Waals surface area contributed by atoms with Crippen molar-refractivity contribution >= 4 is 23.4 Å². The van der Waals surface area contributed by atoms with Gasteiger partial charge in [0, 0.05) is 30.1 Å². The summed E-state index contributed by atoms with van der Waals surface area (Å²) in [5, 5.41) is 12.3. The quantitative estimate of drug-likeness (QED) is 0.712. The van der Waals surface area contributed by atoms with E-state index in [0.717, 1.165) is 31.5 Å². The maximum Gasteiger partial charge on any atom is 0.276 e. The second kappa shape index (κ2) is 10.0. The normalized spacial score (nSPS) is 22.4. The van der Waals surface area contributed by atoms with E-state index in [1.165, 1.54) is 0 Å². The van der Waals surface area contributed by atoms with Crippen LogP contribution in [0.25, 0.3) is 0 Å². The van der Waals surface area contributed by atoms with Crippen LogP contribution in [0.15, 0.2) is 24.3 Å². The van der Waals surface area contributed by atoms with E-state index in [4.69, 9.17) is 16.3 Å². The molecule has 1 N–H and O–H groups in total. The first-order valence-corrected chi connectivity index (χ1v) is 12.4. The molecule has 0 radical (unpaired) electrons. The van der Waals surface area contributed by atoms with E-state index in [1.54, 1.807) is 9.58 Å². The van der Waals surface area contributed by atoms with E-state index >= 15 is 0 Å². The van der Waals surface area contributed by atoms with Gasteiger partial charge in [-0.25, -0.2) is 4.68 Å². The van der Waals surface area contributed by atoms with Crippen LogP contribution in [0.2, 0.25) is 5.02 Å². The Morgan fingerprint density at radius 1 is 1.06 bits per heavy atom. The van der Waals surface area contributed by atoms with Crippen molar-refractivity contribution in [2.75, 3.05) is 33.2 Å². The van der Waals surface area contributed by atoms with Crippen LogP contribution in [0.4, 0.5) is 0 Å². The third-order valence-electron chi connectivity index (χ3n) is 7.26. The zero-order valence-corrected chi connectivity index (χ0v) is 20.2. The van der Waals surface area contributed by atoms with Crippen molar-refractivity contribution in [1.29, 1.82) is 0 Å². The molecular weight excluding hydrogens is 456 g/mol. The first kappa shape index (κ1) is 23.3. The molecule has 0 spiro atoms. The van der Waals surface area contributed by atoms with Gasteiger partial charge in [0.25, 0.3) is 5.91 Å². The fourth-order valence-corrected chi connectivity index (χ4v) is 5.15. The number of hydrogen-bond acceptors (Lipinski definition) is 6. The summed E-state index contributed by atoms with van der Waals surface area (Å²) < 4.78 is 7.79. The second-order valence-electron chi connectivity index (χ2n) is 9.57. The first-order chi connectivity index (χ1) is 16.5. The van der Waals surface area contributed by atoms with Gasteiger partial charge in [-0.15, -0.1) is 5.10 Å². The lowest BCUT2D eigenvalue weighted by atomic mass is 9.94. The summed E-state index contributed by atoms with van der Waals surface area (Å²) in [6.07, 6.45) is 3.18. The van der Waals surface area contributed by atoms with Crippen LogP contribution in [0, 0.1) is 5.92 Å². The van der Waals surface area contributed by atoms with Crippen LogP contribution in [0.1, 0.15) is 53.5 Å². The summed E-state index contributed by atoms with van der Waals surface area (Å²) in [5.74, 6) is -0.0468. The predicted octanol–water partition coefficient (Wildman–Crippen LogP) is 2.27. The van der Waals surface area contributed by atoms with Gasteiger partial charge in [-0.3, -0.25) is 9.59 Å². The van der Waals surface area contributed by atoms with Crippen LogP contribution in [-0.4, -0.2) is 75.9 Å². The Labute approximate surface area is 204 Å². The number of carbonyl (C=O) groups is 2. The molecule has 1 aromatic heterocycles. The molecular formula is C24H31ClN6O3. The van der Waals surface area contributed by atoms with Gasteiger partial charge in [0.05, 0.1) is 18.8 Å². The molecule has 2 aromatic rings. The maximum atomic E-state index is 13.2. The van der Waals surface area contributed by atoms with Crippen LogP contribution in [0.5, 0.6) is 0 Å². The van der Waals surface area contributed by atoms with E-state index in [-0.39, 0.29) is 36.5 Å². The van der Waals surface area contributed by atoms with Crippen molar-refractivity contribution < 1.29 is 14.3 Å². The lowest BCUT2D eigenvalue weighted by Crippen LogP contribution is -2.48. The SMILES string of the molecule is CN1CCC(NC(=O)C2CCN(C(=O)c3nnn4c3CO[C@@H](c3ccc(Cl)cc3)C4)CC2)CC1. The molecule has 0 saturated carbocycles. The number of nitrogens with zero attached hydrogens (tertiary/aromatic N) is 5. The average Bonchev–Trinajstić information content (AvgIpc) is 3.29. The van der Waals surface area contributed by atoms with Gasteiger partial charge in [0.15, 0.2) is 5.69 Å². The van der Waals surface area contributed by atoms with E-state index in [2.05, 4.69) is 27.6 Å². The van der Waals surface area contributed by atoms with Crippen LogP contribution >= 0.6 is 11.6 Å². The molecule has 34 heavy (non-hydrogen) atoms. The fourth-order valence-electron chi connectivity index (χ4n) is 5.02. The summed E-state index contributed by atoms with van der Waals surface area (Å²) in [7, 11) is 2.11. The first-order valence-electron chi connectivity index (χ1n) is 12.1. The molecule has 0 bridgehead atoms. The van der Waals surface area contributed by atoms with Crippen LogP contribution < -0.4 is 5.32 Å². The summed E-state index contributed by atoms with van der Waals surface area (Å²) in [6, 6.07) is 7.82. The molecule has 2 amide bonds. The third-order valence-corrected chi connectivity index (χ3v) is 7.51. The number of hydrogen-bond donors (Lipinski definition) is 1. The molecule has 2 saturated heterocycles. The molecule has 10 heteroatoms. The lowest BCUT2D eigenvalue weighted by molar-refractivity contribution is -0.127. The minimum absolute atomic E-state index is 0.0405. The monoisotopic (exact) mass is 486 g/mol. The van der Waals surface area contributed by atoms with Gasteiger partial charge in [0.2, 0.25) is 5.91 Å². The number of piperidine rings is 2. The summed E-state index contributed by atoms with van der Waals surface area (Å²) in [6.45, 7) is 3.90. The highest BCUT2D eigenvalue weighted by molar-refractivity contribution is 6.30. The number of fused-ring (bicyclic) bond motifs is 1. The second-order valence-corrected chi connectivity index (χ2v) is 10.0. The van der Waals surface area contributed by atoms with Gasteiger partial charge in [-0.2, -0.15) is 0 Å². The highest BCUT2D eigenvalue weighted by Gasteiger charge is 2.33. The number of aromatic nitrogens is 3. The molecule has 1 aromatic carbocycles. The van der Waals surface area contributed by atoms with Gasteiger partial charge >= 0.3 is 0 Å². The highest BCUT2D eigenvalue weighted by Crippen LogP contribution is 2.29. The highest BCUT2D eigenvalue weighted by atomic mass is 35.5. The lowest BCUT2D eigenvalue weighted by Gasteiger charge is -2.34. The Morgan fingerprint density at radius 2 is 1.76 bits per heavy atom. The third kappa shape index (κ3) is 4.96. The number of carbonyl (C=O) groups excluding carboxylic acids is 2. The Kier molecular flexibility index (Phi) is 6.85. The van der Waals surface area contributed by atoms with Crippen molar-refractivity contribution in [3.63, 3.8) is 0 Å². The largest absolute Gasteiger partial charge is 0.365 e. The minimum atomic E-state index is -0.159. The molecule has 3 aliphatic heterocycles. The van der Waals surface area contributed by atoms with Crippen molar-refractivity contribution in [3.05, 3.63) is 46.2 Å². The van der Waals surface area contributed by atoms with E-state index in [0.29, 0.717) is 48.9 Å². The molecule has 0 aliphatic carbocycles. The number of likely N-dealkylation sites (tertiary alicyclic amines) is 2. The molecule has 0 unspecified atom stereocenters. The fraction of sp³-hybridized carbons (Fsp3) is 0.583. The van der Waals surface area contributed by atoms with Crippen LogP contribution in [0.3, 0.4) is 0 Å². The number of halogens is 1. The Hall–Kier alpha value is -2.49. The number of benzene rings is 1. The van der Waals surface area contributed by atoms with Gasteiger partial charge in [0.1, 0.15) is 6.10 Å². The minimum Gasteiger partial charge on any atom is -0.365 e. The van der Waals surface area contributed by atoms with Gasteiger partial charge in [-0.1, -0.05) is 28.9 Å². The Balaban J connectivity index is 1.15. The zero-order valence-electron chi connectivity index (χ0n) is 19.5. The summed E-state index contributed by atoms with van der Waals surface area (Å²) in [5.41, 5.74) is 2.07. The molecule has 1 atom stereocenters. The number of ether oxygens (including phenoxy) is 1. The summed E-state index contributed by atoms with van der Waals surface area (Å²) in [4.78, 5) is 30.0. The van der Waals surface area contributed by atoms with Crippen molar-refractivity contribution in [2.24, 2.45) is 5.92 Å². The average molecular weight is 487 g/mol. The maximum absolute atomic E-state index is 13.2. The van der Waals surface area contributed by atoms with E-state index in [9.17, 15) is 9.59 Å². The molecule has 4 heterocycles. The zero-order chi connectivity index (χ0) is 23.7. The smallest absolute Gasteiger partial charge is 0.276 e. The van der Waals surface area contributed by atoms with Gasteiger partial charge < -0.3 is 19.9 Å². The van der Waals surface area contributed by atoms with Crippen molar-refractivity contribution in [3.8, 4) is 0 Å². The molecule has 3 aliphatic rings. The topological polar surface area (TPSA) is 92.6 Å². The number of nitrogens with one attached hydrogen (secondary N) is 1. The van der Waals surface area contributed by atoms with Crippen LogP contribution in [-0.2, 0) is 22.7 Å². The number of rotatable bonds is 4. The van der Waals surface area contributed by atoms with E-state index in [1.807, 2.05) is 24.3 Å².